The molecule has 3 nitrogen and oxygen atoms in total. The van der Waals surface area contributed by atoms with E-state index in [1.807, 2.05) is 24.3 Å². The highest BCUT2D eigenvalue weighted by Crippen LogP contribution is 2.62. The second-order valence-corrected chi connectivity index (χ2v) is 6.64. The summed E-state index contributed by atoms with van der Waals surface area (Å²) in [5.74, 6) is -0.785. The first-order valence-corrected chi connectivity index (χ1v) is 6.78. The molecule has 0 spiro atoms. The van der Waals surface area contributed by atoms with Gasteiger partial charge in [0.2, 0.25) is 0 Å². The van der Waals surface area contributed by atoms with Crippen molar-refractivity contribution in [3.63, 3.8) is 0 Å². The van der Waals surface area contributed by atoms with Crippen molar-refractivity contribution >= 4 is 5.97 Å². The Hall–Kier alpha value is -1.35. The number of carbonyl (C=O) groups is 1. The van der Waals surface area contributed by atoms with E-state index in [2.05, 4.69) is 33.0 Å². The van der Waals surface area contributed by atoms with Crippen molar-refractivity contribution in [1.82, 2.24) is 5.32 Å². The summed E-state index contributed by atoms with van der Waals surface area (Å²) < 4.78 is 0. The van der Waals surface area contributed by atoms with Crippen LogP contribution in [0.3, 0.4) is 0 Å². The molecule has 0 bridgehead atoms. The van der Waals surface area contributed by atoms with Crippen LogP contribution in [-0.2, 0) is 17.8 Å². The summed E-state index contributed by atoms with van der Waals surface area (Å²) in [4.78, 5) is 10.6. The first-order valence-electron chi connectivity index (χ1n) is 6.78. The van der Waals surface area contributed by atoms with Gasteiger partial charge in [-0.3, -0.25) is 4.79 Å². The first-order chi connectivity index (χ1) is 8.75. The largest absolute Gasteiger partial charge is 0.481 e. The molecule has 104 valence electrons. The van der Waals surface area contributed by atoms with Crippen LogP contribution in [0.15, 0.2) is 24.3 Å². The Kier molecular flexibility index (Phi) is 3.43. The van der Waals surface area contributed by atoms with Gasteiger partial charge in [-0.1, -0.05) is 52.0 Å². The topological polar surface area (TPSA) is 49.3 Å². The SMILES string of the molecule is CC1(C)C(NCc2ccc(CC(=O)O)cc2)C1(C)C. The Morgan fingerprint density at radius 1 is 1.11 bits per heavy atom. The zero-order valence-electron chi connectivity index (χ0n) is 12.2. The third-order valence-corrected chi connectivity index (χ3v) is 4.91. The number of nitrogens with one attached hydrogen (secondary N) is 1. The lowest BCUT2D eigenvalue weighted by Gasteiger charge is -2.07. The molecule has 3 heteroatoms. The highest BCUT2D eigenvalue weighted by atomic mass is 16.4. The van der Waals surface area contributed by atoms with Crippen molar-refractivity contribution in [2.45, 2.75) is 46.7 Å². The first kappa shape index (κ1) is 14.1. The minimum absolute atomic E-state index is 0.0936. The minimum Gasteiger partial charge on any atom is -0.481 e. The van der Waals surface area contributed by atoms with Gasteiger partial charge in [-0.2, -0.15) is 0 Å². The van der Waals surface area contributed by atoms with E-state index in [0.29, 0.717) is 16.9 Å². The Morgan fingerprint density at radius 3 is 2.00 bits per heavy atom. The average Bonchev–Trinajstić information content (AvgIpc) is 2.68. The normalized spacial score (nSPS) is 20.2. The standard InChI is InChI=1S/C16H23NO2/c1-15(2)14(16(15,3)4)17-10-12-7-5-11(6-8-12)9-13(18)19/h5-8,14,17H,9-10H2,1-4H3,(H,18,19). The van der Waals surface area contributed by atoms with Crippen LogP contribution in [0.5, 0.6) is 0 Å². The summed E-state index contributed by atoms with van der Waals surface area (Å²) in [5.41, 5.74) is 2.74. The van der Waals surface area contributed by atoms with Crippen LogP contribution < -0.4 is 5.32 Å². The third-order valence-electron chi connectivity index (χ3n) is 4.91. The van der Waals surface area contributed by atoms with Crippen molar-refractivity contribution < 1.29 is 9.90 Å². The van der Waals surface area contributed by atoms with E-state index in [1.165, 1.54) is 5.56 Å². The van der Waals surface area contributed by atoms with Crippen LogP contribution in [0, 0.1) is 10.8 Å². The van der Waals surface area contributed by atoms with Gasteiger partial charge < -0.3 is 10.4 Å². The van der Waals surface area contributed by atoms with Crippen molar-refractivity contribution in [1.29, 1.82) is 0 Å². The van der Waals surface area contributed by atoms with Gasteiger partial charge in [0.15, 0.2) is 0 Å². The summed E-state index contributed by atoms with van der Waals surface area (Å²) in [6.45, 7) is 10.0. The highest BCUT2D eigenvalue weighted by Gasteiger charge is 2.64. The van der Waals surface area contributed by atoms with E-state index >= 15 is 0 Å². The molecule has 0 heterocycles. The second-order valence-electron chi connectivity index (χ2n) is 6.64. The summed E-state index contributed by atoms with van der Waals surface area (Å²) in [6.07, 6.45) is 0.0936. The van der Waals surface area contributed by atoms with Gasteiger partial charge in [0, 0.05) is 12.6 Å². The second kappa shape index (κ2) is 4.64. The van der Waals surface area contributed by atoms with E-state index in [9.17, 15) is 4.79 Å². The Labute approximate surface area is 115 Å². The molecule has 0 radical (unpaired) electrons. The van der Waals surface area contributed by atoms with Gasteiger partial charge in [-0.15, -0.1) is 0 Å². The molecule has 0 atom stereocenters. The van der Waals surface area contributed by atoms with Gasteiger partial charge in [-0.25, -0.2) is 0 Å². The molecule has 1 aromatic rings. The number of hydrogen-bond acceptors (Lipinski definition) is 2. The number of hydrogen-bond donors (Lipinski definition) is 2. The molecule has 0 aromatic heterocycles. The molecule has 0 unspecified atom stereocenters. The molecule has 19 heavy (non-hydrogen) atoms. The third kappa shape index (κ3) is 2.66. The molecule has 1 aliphatic carbocycles. The zero-order chi connectivity index (χ0) is 14.3. The molecule has 0 amide bonds. The van der Waals surface area contributed by atoms with E-state index in [1.54, 1.807) is 0 Å². The van der Waals surface area contributed by atoms with Gasteiger partial charge >= 0.3 is 5.97 Å². The van der Waals surface area contributed by atoms with E-state index < -0.39 is 5.97 Å². The lowest BCUT2D eigenvalue weighted by molar-refractivity contribution is -0.136. The Morgan fingerprint density at radius 2 is 1.58 bits per heavy atom. The van der Waals surface area contributed by atoms with Gasteiger partial charge in [-0.05, 0) is 22.0 Å². The van der Waals surface area contributed by atoms with Crippen LogP contribution in [0.4, 0.5) is 0 Å². The molecular formula is C16H23NO2. The number of benzene rings is 1. The van der Waals surface area contributed by atoms with E-state index in [-0.39, 0.29) is 6.42 Å². The Bertz CT molecular complexity index is 460. The predicted octanol–water partition coefficient (Wildman–Crippen LogP) is 2.84. The molecular weight excluding hydrogens is 238 g/mol. The van der Waals surface area contributed by atoms with Crippen LogP contribution in [0.2, 0.25) is 0 Å². The fraction of sp³-hybridized carbons (Fsp3) is 0.562. The average molecular weight is 261 g/mol. The van der Waals surface area contributed by atoms with Crippen molar-refractivity contribution in [3.05, 3.63) is 35.4 Å². The van der Waals surface area contributed by atoms with Gasteiger partial charge in [0.1, 0.15) is 0 Å². The minimum atomic E-state index is -0.785. The molecule has 1 aromatic carbocycles. The molecule has 1 aliphatic rings. The van der Waals surface area contributed by atoms with Crippen molar-refractivity contribution in [2.24, 2.45) is 10.8 Å². The Balaban J connectivity index is 1.90. The molecule has 2 rings (SSSR count). The fourth-order valence-electron chi connectivity index (χ4n) is 2.88. The van der Waals surface area contributed by atoms with E-state index in [0.717, 1.165) is 12.1 Å². The summed E-state index contributed by atoms with van der Waals surface area (Å²) in [6, 6.07) is 8.35. The zero-order valence-corrected chi connectivity index (χ0v) is 12.2. The number of rotatable bonds is 5. The van der Waals surface area contributed by atoms with E-state index in [4.69, 9.17) is 5.11 Å². The number of carboxylic acid groups (broad SMARTS) is 1. The molecule has 1 saturated carbocycles. The summed E-state index contributed by atoms with van der Waals surface area (Å²) in [5, 5.41) is 12.3. The lowest BCUT2D eigenvalue weighted by atomic mass is 10.0. The molecule has 0 saturated heterocycles. The lowest BCUT2D eigenvalue weighted by Crippen LogP contribution is -2.21. The van der Waals surface area contributed by atoms with Crippen molar-refractivity contribution in [2.75, 3.05) is 0 Å². The fourth-order valence-corrected chi connectivity index (χ4v) is 2.88. The number of aliphatic carboxylic acids is 1. The van der Waals surface area contributed by atoms with Crippen molar-refractivity contribution in [3.8, 4) is 0 Å². The summed E-state index contributed by atoms with van der Waals surface area (Å²) >= 11 is 0. The maximum Gasteiger partial charge on any atom is 0.307 e. The van der Waals surface area contributed by atoms with Crippen LogP contribution in [-0.4, -0.2) is 17.1 Å². The predicted molar refractivity (Wildman–Crippen MR) is 76.0 cm³/mol. The highest BCUT2D eigenvalue weighted by molar-refractivity contribution is 5.70. The number of carboxylic acids is 1. The summed E-state index contributed by atoms with van der Waals surface area (Å²) in [7, 11) is 0. The smallest absolute Gasteiger partial charge is 0.307 e. The monoisotopic (exact) mass is 261 g/mol. The van der Waals surface area contributed by atoms with Crippen LogP contribution in [0.25, 0.3) is 0 Å². The molecule has 2 N–H and O–H groups in total. The van der Waals surface area contributed by atoms with Crippen LogP contribution >= 0.6 is 0 Å². The maximum absolute atomic E-state index is 10.6. The quantitative estimate of drug-likeness (QED) is 0.857. The van der Waals surface area contributed by atoms with Gasteiger partial charge in [0.25, 0.3) is 0 Å². The molecule has 1 fully saturated rings. The molecule has 0 aliphatic heterocycles. The van der Waals surface area contributed by atoms with Crippen LogP contribution in [0.1, 0.15) is 38.8 Å². The maximum atomic E-state index is 10.6. The van der Waals surface area contributed by atoms with Gasteiger partial charge in [0.05, 0.1) is 6.42 Å².